The fourth-order valence-corrected chi connectivity index (χ4v) is 4.21. The molecule has 5 nitrogen and oxygen atoms in total. The number of β-amino-alcohol motifs (C(OH)–C–C–N with tert-alkyl or cyclic N) is 1. The predicted octanol–water partition coefficient (Wildman–Crippen LogP) is 2.75. The number of carbonyl (C=O) groups is 1. The van der Waals surface area contributed by atoms with E-state index in [4.69, 9.17) is 9.72 Å². The predicted molar refractivity (Wildman–Crippen MR) is 90.4 cm³/mol. The van der Waals surface area contributed by atoms with E-state index in [-0.39, 0.29) is 19.2 Å². The van der Waals surface area contributed by atoms with E-state index in [1.165, 1.54) is 11.6 Å². The zero-order valence-corrected chi connectivity index (χ0v) is 14.3. The molecule has 2 heterocycles. The fourth-order valence-electron chi connectivity index (χ4n) is 3.07. The van der Waals surface area contributed by atoms with Crippen molar-refractivity contribution in [1.82, 2.24) is 9.88 Å². The first-order valence-electron chi connectivity index (χ1n) is 8.00. The summed E-state index contributed by atoms with van der Waals surface area (Å²) in [6, 6.07) is 8.26. The van der Waals surface area contributed by atoms with Gasteiger partial charge in [0.05, 0.1) is 22.9 Å². The molecule has 1 saturated heterocycles. The average Bonchev–Trinajstić information content (AvgIpc) is 3.12. The van der Waals surface area contributed by atoms with Crippen LogP contribution in [0.25, 0.3) is 10.2 Å². The van der Waals surface area contributed by atoms with E-state index in [1.54, 1.807) is 18.3 Å². The first-order chi connectivity index (χ1) is 11.0. The highest BCUT2D eigenvalue weighted by atomic mass is 32.1. The van der Waals surface area contributed by atoms with Crippen molar-refractivity contribution in [3.63, 3.8) is 0 Å². The largest absolute Gasteiger partial charge is 0.464 e. The highest BCUT2D eigenvalue weighted by molar-refractivity contribution is 7.18. The van der Waals surface area contributed by atoms with Crippen molar-refractivity contribution in [2.24, 2.45) is 0 Å². The molecule has 2 unspecified atom stereocenters. The Balaban J connectivity index is 1.78. The molecule has 3 rings (SSSR count). The van der Waals surface area contributed by atoms with Crippen LogP contribution in [0.5, 0.6) is 0 Å². The minimum Gasteiger partial charge on any atom is -0.464 e. The maximum Gasteiger partial charge on any atom is 0.339 e. The van der Waals surface area contributed by atoms with Gasteiger partial charge < -0.3 is 9.84 Å². The summed E-state index contributed by atoms with van der Waals surface area (Å²) >= 11 is 1.69. The van der Waals surface area contributed by atoms with Crippen molar-refractivity contribution >= 4 is 27.5 Å². The normalized spacial score (nSPS) is 21.4. The molecule has 1 aliphatic rings. The monoisotopic (exact) mass is 334 g/mol. The molecule has 1 aliphatic heterocycles. The summed E-state index contributed by atoms with van der Waals surface area (Å²) in [4.78, 5) is 18.8. The lowest BCUT2D eigenvalue weighted by molar-refractivity contribution is -0.165. The highest BCUT2D eigenvalue weighted by Crippen LogP contribution is 2.37. The van der Waals surface area contributed by atoms with Gasteiger partial charge in [-0.1, -0.05) is 12.1 Å². The maximum absolute atomic E-state index is 11.9. The van der Waals surface area contributed by atoms with E-state index in [9.17, 15) is 9.90 Å². The third-order valence-corrected chi connectivity index (χ3v) is 5.32. The van der Waals surface area contributed by atoms with Crippen molar-refractivity contribution in [2.45, 2.75) is 38.3 Å². The van der Waals surface area contributed by atoms with Crippen LogP contribution in [0.2, 0.25) is 0 Å². The zero-order chi connectivity index (χ0) is 16.4. The summed E-state index contributed by atoms with van der Waals surface area (Å²) in [6.45, 7) is 4.67. The molecule has 1 fully saturated rings. The van der Waals surface area contributed by atoms with Gasteiger partial charge in [-0.25, -0.2) is 9.78 Å². The number of rotatable bonds is 5. The number of thiazole rings is 1. The Morgan fingerprint density at radius 3 is 3.04 bits per heavy atom. The first kappa shape index (κ1) is 16.4. The second-order valence-corrected chi connectivity index (χ2v) is 7.20. The van der Waals surface area contributed by atoms with Gasteiger partial charge in [0, 0.05) is 6.54 Å². The quantitative estimate of drug-likeness (QED) is 0.852. The van der Waals surface area contributed by atoms with Crippen LogP contribution >= 0.6 is 11.3 Å². The molecule has 0 saturated carbocycles. The second kappa shape index (κ2) is 6.55. The van der Waals surface area contributed by atoms with Crippen molar-refractivity contribution in [1.29, 1.82) is 0 Å². The first-order valence-corrected chi connectivity index (χ1v) is 8.82. The lowest BCUT2D eigenvalue weighted by Crippen LogP contribution is -2.47. The van der Waals surface area contributed by atoms with Gasteiger partial charge in [-0.15, -0.1) is 11.3 Å². The third-order valence-electron chi connectivity index (χ3n) is 4.19. The van der Waals surface area contributed by atoms with Crippen LogP contribution in [0, 0.1) is 0 Å². The SMILES string of the molecule is CCOC(=O)C(C)(O)CN1CCCC1c1nc2ccccc2s1. The third kappa shape index (κ3) is 3.39. The maximum atomic E-state index is 11.9. The van der Waals surface area contributed by atoms with Crippen LogP contribution in [-0.4, -0.2) is 46.3 Å². The highest BCUT2D eigenvalue weighted by Gasteiger charge is 2.39. The van der Waals surface area contributed by atoms with Crippen molar-refractivity contribution in [2.75, 3.05) is 19.7 Å². The van der Waals surface area contributed by atoms with E-state index < -0.39 is 11.6 Å². The zero-order valence-electron chi connectivity index (χ0n) is 13.5. The molecule has 23 heavy (non-hydrogen) atoms. The minimum absolute atomic E-state index is 0.160. The number of aliphatic hydroxyl groups is 1. The summed E-state index contributed by atoms with van der Waals surface area (Å²) in [5, 5.41) is 11.5. The number of hydrogen-bond donors (Lipinski definition) is 1. The molecule has 1 aromatic heterocycles. The van der Waals surface area contributed by atoms with Gasteiger partial charge in [-0.05, 0) is 45.4 Å². The van der Waals surface area contributed by atoms with Gasteiger partial charge in [0.15, 0.2) is 5.60 Å². The smallest absolute Gasteiger partial charge is 0.339 e. The Labute approximate surface area is 139 Å². The average molecular weight is 334 g/mol. The Hall–Kier alpha value is -1.50. The Bertz CT molecular complexity index is 665. The Morgan fingerprint density at radius 1 is 1.52 bits per heavy atom. The molecule has 124 valence electrons. The van der Waals surface area contributed by atoms with E-state index in [1.807, 2.05) is 18.2 Å². The topological polar surface area (TPSA) is 62.7 Å². The van der Waals surface area contributed by atoms with Crippen LogP contribution in [-0.2, 0) is 9.53 Å². The fraction of sp³-hybridized carbons (Fsp3) is 0.529. The molecule has 0 aliphatic carbocycles. The number of hydrogen-bond acceptors (Lipinski definition) is 6. The number of benzene rings is 1. The molecule has 2 aromatic rings. The summed E-state index contributed by atoms with van der Waals surface area (Å²) in [6.07, 6.45) is 2.04. The van der Waals surface area contributed by atoms with Gasteiger partial charge in [-0.3, -0.25) is 4.90 Å². The van der Waals surface area contributed by atoms with Crippen LogP contribution in [0.15, 0.2) is 24.3 Å². The molecule has 1 N–H and O–H groups in total. The number of likely N-dealkylation sites (tertiary alicyclic amines) is 1. The lowest BCUT2D eigenvalue weighted by atomic mass is 10.1. The van der Waals surface area contributed by atoms with Crippen LogP contribution in [0.4, 0.5) is 0 Å². The van der Waals surface area contributed by atoms with Crippen LogP contribution < -0.4 is 0 Å². The number of carbonyl (C=O) groups excluding carboxylic acids is 1. The van der Waals surface area contributed by atoms with E-state index in [2.05, 4.69) is 11.0 Å². The van der Waals surface area contributed by atoms with Gasteiger partial charge >= 0.3 is 5.97 Å². The van der Waals surface area contributed by atoms with Gasteiger partial charge in [0.25, 0.3) is 0 Å². The second-order valence-electron chi connectivity index (χ2n) is 6.14. The van der Waals surface area contributed by atoms with Gasteiger partial charge in [-0.2, -0.15) is 0 Å². The van der Waals surface area contributed by atoms with Crippen molar-refractivity contribution < 1.29 is 14.6 Å². The molecule has 0 bridgehead atoms. The van der Waals surface area contributed by atoms with Gasteiger partial charge in [0.1, 0.15) is 5.01 Å². The Morgan fingerprint density at radius 2 is 2.30 bits per heavy atom. The van der Waals surface area contributed by atoms with Crippen LogP contribution in [0.3, 0.4) is 0 Å². The standard InChI is InChI=1S/C17H22N2O3S/c1-3-22-16(20)17(2,21)11-19-10-6-8-13(19)15-18-12-7-4-5-9-14(12)23-15/h4-5,7,9,13,21H,3,6,8,10-11H2,1-2H3. The minimum atomic E-state index is -1.49. The summed E-state index contributed by atoms with van der Waals surface area (Å²) in [5.74, 6) is -0.560. The molecular formula is C17H22N2O3S. The number of ether oxygens (including phenoxy) is 1. The summed E-state index contributed by atoms with van der Waals surface area (Å²) < 4.78 is 6.15. The summed E-state index contributed by atoms with van der Waals surface area (Å²) in [5.41, 5.74) is -0.480. The van der Waals surface area contributed by atoms with E-state index in [0.29, 0.717) is 0 Å². The molecule has 0 amide bonds. The molecule has 1 aromatic carbocycles. The molecule has 0 radical (unpaired) electrons. The van der Waals surface area contributed by atoms with Crippen molar-refractivity contribution in [3.8, 4) is 0 Å². The number of esters is 1. The molecule has 0 spiro atoms. The number of para-hydroxylation sites is 1. The molecule has 2 atom stereocenters. The van der Waals surface area contributed by atoms with E-state index in [0.717, 1.165) is 29.9 Å². The Kier molecular flexibility index (Phi) is 4.66. The molecular weight excluding hydrogens is 312 g/mol. The van der Waals surface area contributed by atoms with Crippen molar-refractivity contribution in [3.05, 3.63) is 29.3 Å². The van der Waals surface area contributed by atoms with E-state index >= 15 is 0 Å². The number of nitrogens with zero attached hydrogens (tertiary/aromatic N) is 2. The summed E-state index contributed by atoms with van der Waals surface area (Å²) in [7, 11) is 0. The van der Waals surface area contributed by atoms with Gasteiger partial charge in [0.2, 0.25) is 0 Å². The number of aromatic nitrogens is 1. The van der Waals surface area contributed by atoms with Crippen LogP contribution in [0.1, 0.15) is 37.7 Å². The lowest BCUT2D eigenvalue weighted by Gasteiger charge is -2.30. The molecule has 6 heteroatoms. The number of fused-ring (bicyclic) bond motifs is 1.